The minimum atomic E-state index is -1.08. The van der Waals surface area contributed by atoms with E-state index in [0.717, 1.165) is 20.9 Å². The fraction of sp³-hybridized carbons (Fsp3) is 0.324. The first-order chi connectivity index (χ1) is 24.2. The van der Waals surface area contributed by atoms with E-state index in [1.807, 2.05) is 20.8 Å². The summed E-state index contributed by atoms with van der Waals surface area (Å²) in [5, 5.41) is 16.9. The Hall–Kier alpha value is -4.80. The molecule has 0 radical (unpaired) electrons. The van der Waals surface area contributed by atoms with Crippen molar-refractivity contribution in [2.45, 2.75) is 62.4 Å². The second kappa shape index (κ2) is 16.0. The molecule has 0 spiro atoms. The summed E-state index contributed by atoms with van der Waals surface area (Å²) in [5.41, 5.74) is 3.25. The summed E-state index contributed by atoms with van der Waals surface area (Å²) in [6, 6.07) is 15.0. The highest BCUT2D eigenvalue weighted by Crippen LogP contribution is 2.41. The fourth-order valence-electron chi connectivity index (χ4n) is 5.23. The Labute approximate surface area is 306 Å². The monoisotopic (exact) mass is 755 g/mol. The van der Waals surface area contributed by atoms with E-state index in [9.17, 15) is 34.1 Å². The quantitative estimate of drug-likeness (QED) is 0.0663. The third-order valence-electron chi connectivity index (χ3n) is 8.00. The number of rotatable bonds is 12. The molecule has 14 nitrogen and oxygen atoms in total. The molecule has 5 rings (SSSR count). The van der Waals surface area contributed by atoms with Crippen molar-refractivity contribution in [3.05, 3.63) is 98.1 Å². The van der Waals surface area contributed by atoms with Gasteiger partial charge < -0.3 is 25.0 Å². The van der Waals surface area contributed by atoms with E-state index >= 15 is 0 Å². The number of benzene rings is 3. The number of carbonyl (C=O) groups is 5. The third-order valence-corrected chi connectivity index (χ3v) is 11.7. The van der Waals surface area contributed by atoms with Gasteiger partial charge in [0, 0.05) is 52.8 Å². The Kier molecular flexibility index (Phi) is 11.8. The van der Waals surface area contributed by atoms with E-state index < -0.39 is 46.4 Å². The fourth-order valence-corrected chi connectivity index (χ4v) is 7.53. The lowest BCUT2D eigenvalue weighted by atomic mass is 10.0. The molecule has 1 saturated heterocycles. The Morgan fingerprint density at radius 2 is 1.80 bits per heavy atom. The number of likely N-dealkylation sites (tertiary alicyclic amines) is 1. The summed E-state index contributed by atoms with van der Waals surface area (Å²) in [4.78, 5) is 77.7. The lowest BCUT2D eigenvalue weighted by Gasteiger charge is -2.34. The van der Waals surface area contributed by atoms with Crippen LogP contribution in [0.2, 0.25) is 5.02 Å². The van der Waals surface area contributed by atoms with Gasteiger partial charge in [0.25, 0.3) is 17.5 Å². The van der Waals surface area contributed by atoms with Gasteiger partial charge in [-0.2, -0.15) is 0 Å². The predicted molar refractivity (Wildman–Crippen MR) is 191 cm³/mol. The number of amides is 5. The van der Waals surface area contributed by atoms with Crippen LogP contribution >= 0.6 is 33.2 Å². The van der Waals surface area contributed by atoms with Crippen LogP contribution in [0.3, 0.4) is 0 Å². The Morgan fingerprint density at radius 3 is 2.51 bits per heavy atom. The summed E-state index contributed by atoms with van der Waals surface area (Å²) < 4.78 is 9.78. The number of hydrogen-bond donors (Lipinski definition) is 2. The molecule has 5 amide bonds. The minimum Gasteiger partial charge on any atom is -0.433 e. The van der Waals surface area contributed by atoms with Gasteiger partial charge in [-0.3, -0.25) is 24.5 Å². The summed E-state index contributed by atoms with van der Waals surface area (Å²) in [6.45, 7) is 5.09. The average Bonchev–Trinajstić information content (AvgIpc) is 3.42. The second-order valence-electron chi connectivity index (χ2n) is 12.4. The van der Waals surface area contributed by atoms with Crippen LogP contribution in [0.15, 0.2) is 65.6 Å². The molecule has 2 N–H and O–H groups in total. The van der Waals surface area contributed by atoms with Gasteiger partial charge in [-0.15, -0.1) is 0 Å². The van der Waals surface area contributed by atoms with Crippen LogP contribution in [-0.4, -0.2) is 68.8 Å². The molecular weight excluding hydrogens is 722 g/mol. The number of piperidine rings is 1. The molecule has 3 aromatic rings. The number of ether oxygens (including phenoxy) is 2. The number of fused-ring (bicyclic) bond motifs is 1. The average molecular weight is 756 g/mol. The van der Waals surface area contributed by atoms with Crippen LogP contribution in [0.5, 0.6) is 0 Å². The van der Waals surface area contributed by atoms with Crippen molar-refractivity contribution in [2.75, 3.05) is 18.7 Å². The maximum absolute atomic E-state index is 13.4. The zero-order valence-corrected chi connectivity index (χ0v) is 30.2. The number of imide groups is 1. The first-order valence-corrected chi connectivity index (χ1v) is 18.2. The lowest BCUT2D eigenvalue weighted by Crippen LogP contribution is -2.55. The number of nitrogens with one attached hydrogen (secondary N) is 2. The van der Waals surface area contributed by atoms with Crippen LogP contribution in [0.4, 0.5) is 21.0 Å². The molecule has 0 saturated carbocycles. The lowest BCUT2D eigenvalue weighted by molar-refractivity contribution is -0.384. The van der Waals surface area contributed by atoms with E-state index in [-0.39, 0.29) is 44.1 Å². The molecule has 2 aliphatic heterocycles. The SMILES string of the molecule is Cc1ccc(NC(=O)NCc2ccc3c(c2)CN(C2CCC(=O)N(COC(=O)OCC(C)(C)SSc4ccc([N+](=O)[O-])cc4)C2=O)C3=O)cc1Cl. The molecule has 51 heavy (non-hydrogen) atoms. The number of urea groups is 1. The van der Waals surface area contributed by atoms with E-state index in [1.54, 1.807) is 48.5 Å². The smallest absolute Gasteiger partial charge is 0.433 e. The zero-order valence-electron chi connectivity index (χ0n) is 27.8. The van der Waals surface area contributed by atoms with Crippen LogP contribution in [0.1, 0.15) is 53.7 Å². The Balaban J connectivity index is 1.10. The van der Waals surface area contributed by atoms with Crippen LogP contribution < -0.4 is 10.6 Å². The topological polar surface area (TPSA) is 177 Å². The van der Waals surface area contributed by atoms with E-state index in [0.29, 0.717) is 21.8 Å². The maximum Gasteiger partial charge on any atom is 0.510 e. The summed E-state index contributed by atoms with van der Waals surface area (Å²) >= 11 is 6.13. The molecule has 3 aromatic carbocycles. The number of hydrogen-bond acceptors (Lipinski definition) is 11. The standard InChI is InChI=1S/C34H34ClN5O9S2/c1-20-4-6-23(15-27(20)35)37-32(44)36-16-21-5-11-26-22(14-21)17-38(30(26)42)28-12-13-29(41)39(31(28)43)19-49-33(45)48-18-34(2,3)51-50-25-9-7-24(8-10-25)40(46)47/h4-11,14-15,28H,12-13,16-19H2,1-3H3,(H2,36,37,44). The Bertz CT molecular complexity index is 1880. The number of non-ortho nitro benzene ring substituents is 1. The maximum atomic E-state index is 13.4. The first kappa shape index (κ1) is 37.5. The van der Waals surface area contributed by atoms with E-state index in [1.165, 1.54) is 38.6 Å². The molecule has 0 aliphatic carbocycles. The number of nitrogens with zero attached hydrogens (tertiary/aromatic N) is 3. The zero-order chi connectivity index (χ0) is 36.9. The molecule has 2 aliphatic rings. The number of carbonyl (C=O) groups excluding carboxylic acids is 5. The van der Waals surface area contributed by atoms with Crippen LogP contribution in [0.25, 0.3) is 0 Å². The highest BCUT2D eigenvalue weighted by atomic mass is 35.5. The molecule has 268 valence electrons. The van der Waals surface area contributed by atoms with Crippen molar-refractivity contribution in [3.63, 3.8) is 0 Å². The Morgan fingerprint density at radius 1 is 1.06 bits per heavy atom. The summed E-state index contributed by atoms with van der Waals surface area (Å²) in [6.07, 6.45) is -0.989. The number of halogens is 1. The van der Waals surface area contributed by atoms with Gasteiger partial charge in [-0.25, -0.2) is 14.5 Å². The van der Waals surface area contributed by atoms with Crippen LogP contribution in [0, 0.1) is 17.0 Å². The van der Waals surface area contributed by atoms with Crippen molar-refractivity contribution in [1.29, 1.82) is 0 Å². The van der Waals surface area contributed by atoms with Crippen molar-refractivity contribution in [1.82, 2.24) is 15.1 Å². The van der Waals surface area contributed by atoms with Gasteiger partial charge in [0.1, 0.15) is 12.6 Å². The van der Waals surface area contributed by atoms with Crippen molar-refractivity contribution >= 4 is 74.5 Å². The van der Waals surface area contributed by atoms with Crippen molar-refractivity contribution in [3.8, 4) is 0 Å². The number of nitro benzene ring substituents is 1. The van der Waals surface area contributed by atoms with Gasteiger partial charge >= 0.3 is 12.2 Å². The van der Waals surface area contributed by atoms with E-state index in [2.05, 4.69) is 10.6 Å². The first-order valence-electron chi connectivity index (χ1n) is 15.7. The number of anilines is 1. The van der Waals surface area contributed by atoms with E-state index in [4.69, 9.17) is 21.1 Å². The highest BCUT2D eigenvalue weighted by molar-refractivity contribution is 8.77. The molecule has 0 bridgehead atoms. The number of nitro groups is 1. The van der Waals surface area contributed by atoms with Crippen molar-refractivity contribution in [2.24, 2.45) is 0 Å². The molecule has 2 heterocycles. The molecule has 0 aromatic heterocycles. The van der Waals surface area contributed by atoms with Gasteiger partial charge in [0.2, 0.25) is 5.91 Å². The molecule has 1 unspecified atom stereocenters. The van der Waals surface area contributed by atoms with Gasteiger partial charge in [-0.1, -0.05) is 51.4 Å². The molecule has 1 fully saturated rings. The summed E-state index contributed by atoms with van der Waals surface area (Å²) in [7, 11) is 2.74. The third kappa shape index (κ3) is 9.51. The number of aryl methyl sites for hydroxylation is 1. The molecule has 1 atom stereocenters. The largest absolute Gasteiger partial charge is 0.510 e. The summed E-state index contributed by atoms with van der Waals surface area (Å²) in [5.74, 6) is -1.56. The predicted octanol–water partition coefficient (Wildman–Crippen LogP) is 6.68. The minimum absolute atomic E-state index is 0.0173. The molecular formula is C34H34ClN5O9S2. The van der Waals surface area contributed by atoms with Gasteiger partial charge in [0.05, 0.1) is 9.67 Å². The molecule has 17 heteroatoms. The van der Waals surface area contributed by atoms with Gasteiger partial charge in [0.15, 0.2) is 6.73 Å². The second-order valence-corrected chi connectivity index (χ2v) is 15.7. The normalized spacial score (nSPS) is 15.8. The highest BCUT2D eigenvalue weighted by Gasteiger charge is 2.43. The van der Waals surface area contributed by atoms with Gasteiger partial charge in [-0.05, 0) is 74.2 Å². The van der Waals surface area contributed by atoms with Crippen molar-refractivity contribution < 1.29 is 38.4 Å². The van der Waals surface area contributed by atoms with Crippen LogP contribution in [-0.2, 0) is 32.2 Å².